The Labute approximate surface area is 147 Å². The number of nitrogens with zero attached hydrogens (tertiary/aromatic N) is 4. The average molecular weight is 331 g/mol. The van der Waals surface area contributed by atoms with E-state index in [1.807, 2.05) is 0 Å². The zero-order chi connectivity index (χ0) is 16.9. The summed E-state index contributed by atoms with van der Waals surface area (Å²) < 4.78 is 0. The topological polar surface area (TPSA) is 32.3 Å². The number of piperidine rings is 1. The van der Waals surface area contributed by atoms with Crippen molar-refractivity contribution in [2.24, 2.45) is 5.92 Å². The predicted octanol–water partition coefficient (Wildman–Crippen LogP) is 3.69. The average Bonchev–Trinajstić information content (AvgIpc) is 2.63. The first-order chi connectivity index (χ1) is 11.6. The summed E-state index contributed by atoms with van der Waals surface area (Å²) in [5.41, 5.74) is 1.27. The molecule has 2 aliphatic rings. The lowest BCUT2D eigenvalue weighted by atomic mass is 9.88. The Hall–Kier alpha value is -1.00. The van der Waals surface area contributed by atoms with Crippen LogP contribution in [0.5, 0.6) is 0 Å². The molecule has 0 aromatic carbocycles. The number of rotatable bonds is 5. The van der Waals surface area contributed by atoms with Gasteiger partial charge in [-0.15, -0.1) is 0 Å². The highest BCUT2D eigenvalue weighted by Gasteiger charge is 2.25. The van der Waals surface area contributed by atoms with Gasteiger partial charge in [-0.05, 0) is 65.7 Å². The van der Waals surface area contributed by atoms with Gasteiger partial charge in [0.05, 0.1) is 0 Å². The Morgan fingerprint density at radius 1 is 1.04 bits per heavy atom. The second-order valence-corrected chi connectivity index (χ2v) is 8.10. The maximum Gasteiger partial charge on any atom is 0.131 e. The Morgan fingerprint density at radius 2 is 1.67 bits per heavy atom. The van der Waals surface area contributed by atoms with E-state index >= 15 is 0 Å². The molecule has 0 N–H and O–H groups in total. The number of hydrogen-bond acceptors (Lipinski definition) is 4. The normalized spacial score (nSPS) is 22.8. The molecule has 1 saturated carbocycles. The van der Waals surface area contributed by atoms with Gasteiger partial charge in [0.25, 0.3) is 0 Å². The predicted molar refractivity (Wildman–Crippen MR) is 99.0 cm³/mol. The number of hydrogen-bond donors (Lipinski definition) is 0. The van der Waals surface area contributed by atoms with Gasteiger partial charge in [0, 0.05) is 36.5 Å². The zero-order valence-corrected chi connectivity index (χ0v) is 15.7. The van der Waals surface area contributed by atoms with Gasteiger partial charge in [0.2, 0.25) is 0 Å². The fourth-order valence-corrected chi connectivity index (χ4v) is 4.29. The molecular weight excluding hydrogens is 296 g/mol. The van der Waals surface area contributed by atoms with E-state index < -0.39 is 0 Å². The molecule has 0 amide bonds. The lowest BCUT2D eigenvalue weighted by Crippen LogP contribution is -2.41. The van der Waals surface area contributed by atoms with Crippen LogP contribution in [0.1, 0.15) is 69.2 Å². The highest BCUT2D eigenvalue weighted by atomic mass is 15.1. The summed E-state index contributed by atoms with van der Waals surface area (Å²) in [7, 11) is 4.39. The molecule has 4 nitrogen and oxygen atoms in total. The molecule has 1 unspecified atom stereocenters. The van der Waals surface area contributed by atoms with E-state index in [1.165, 1.54) is 63.6 Å². The van der Waals surface area contributed by atoms with Crippen LogP contribution in [0.4, 0.5) is 0 Å². The van der Waals surface area contributed by atoms with Crippen LogP contribution in [0.25, 0.3) is 0 Å². The third-order valence-corrected chi connectivity index (χ3v) is 6.23. The van der Waals surface area contributed by atoms with E-state index in [9.17, 15) is 0 Å². The molecule has 1 atom stereocenters. The minimum absolute atomic E-state index is 0.607. The smallest absolute Gasteiger partial charge is 0.131 e. The van der Waals surface area contributed by atoms with Crippen molar-refractivity contribution >= 4 is 0 Å². The van der Waals surface area contributed by atoms with Gasteiger partial charge < -0.3 is 4.90 Å². The van der Waals surface area contributed by atoms with E-state index in [1.54, 1.807) is 0 Å². The van der Waals surface area contributed by atoms with Crippen LogP contribution < -0.4 is 0 Å². The van der Waals surface area contributed by atoms with Gasteiger partial charge in [-0.2, -0.15) is 0 Å². The Balaban J connectivity index is 1.48. The van der Waals surface area contributed by atoms with Crippen molar-refractivity contribution in [2.75, 3.05) is 27.2 Å². The van der Waals surface area contributed by atoms with Crippen molar-refractivity contribution in [3.8, 4) is 0 Å². The van der Waals surface area contributed by atoms with Gasteiger partial charge in [0.15, 0.2) is 0 Å². The first-order valence-electron chi connectivity index (χ1n) is 9.83. The molecule has 0 spiro atoms. The molecule has 2 fully saturated rings. The van der Waals surface area contributed by atoms with Gasteiger partial charge in [-0.1, -0.05) is 19.3 Å². The molecule has 24 heavy (non-hydrogen) atoms. The molecule has 0 radical (unpaired) electrons. The third-order valence-electron chi connectivity index (χ3n) is 6.23. The van der Waals surface area contributed by atoms with Crippen molar-refractivity contribution in [1.82, 2.24) is 19.8 Å². The minimum atomic E-state index is 0.607. The van der Waals surface area contributed by atoms with Crippen molar-refractivity contribution in [3.63, 3.8) is 0 Å². The summed E-state index contributed by atoms with van der Waals surface area (Å²) in [6.07, 6.45) is 13.4. The molecule has 1 aromatic rings. The van der Waals surface area contributed by atoms with Gasteiger partial charge in [-0.25, -0.2) is 9.97 Å². The molecule has 1 aromatic heterocycles. The SMILES string of the molecule is CC(C1CCN(Cc2cnc(C3CCCCC3)nc2)CC1)N(C)C. The minimum Gasteiger partial charge on any atom is -0.306 e. The summed E-state index contributed by atoms with van der Waals surface area (Å²) in [5.74, 6) is 2.52. The molecular formula is C20H34N4. The lowest BCUT2D eigenvalue weighted by Gasteiger charge is -2.37. The summed E-state index contributed by atoms with van der Waals surface area (Å²) in [5, 5.41) is 0. The van der Waals surface area contributed by atoms with Crippen LogP contribution in [0, 0.1) is 5.92 Å². The van der Waals surface area contributed by atoms with E-state index in [-0.39, 0.29) is 0 Å². The molecule has 2 heterocycles. The summed E-state index contributed by atoms with van der Waals surface area (Å²) in [6.45, 7) is 5.77. The van der Waals surface area contributed by atoms with Gasteiger partial charge >= 0.3 is 0 Å². The molecule has 0 bridgehead atoms. The van der Waals surface area contributed by atoms with E-state index in [4.69, 9.17) is 0 Å². The molecule has 1 aliphatic heterocycles. The molecule has 4 heteroatoms. The van der Waals surface area contributed by atoms with Crippen LogP contribution >= 0.6 is 0 Å². The lowest BCUT2D eigenvalue weighted by molar-refractivity contribution is 0.121. The number of likely N-dealkylation sites (tertiary alicyclic amines) is 1. The first kappa shape index (κ1) is 17.8. The second-order valence-electron chi connectivity index (χ2n) is 8.10. The second kappa shape index (κ2) is 8.39. The van der Waals surface area contributed by atoms with Crippen molar-refractivity contribution in [2.45, 2.75) is 70.4 Å². The monoisotopic (exact) mass is 330 g/mol. The van der Waals surface area contributed by atoms with Crippen LogP contribution in [-0.2, 0) is 6.54 Å². The van der Waals surface area contributed by atoms with Crippen LogP contribution in [-0.4, -0.2) is 53.0 Å². The van der Waals surface area contributed by atoms with Crippen LogP contribution in [0.3, 0.4) is 0 Å². The van der Waals surface area contributed by atoms with Crippen molar-refractivity contribution < 1.29 is 0 Å². The summed E-state index contributed by atoms with van der Waals surface area (Å²) in [6, 6.07) is 0.685. The maximum absolute atomic E-state index is 4.69. The first-order valence-corrected chi connectivity index (χ1v) is 9.83. The highest BCUT2D eigenvalue weighted by Crippen LogP contribution is 2.30. The molecule has 3 rings (SSSR count). The van der Waals surface area contributed by atoms with Crippen molar-refractivity contribution in [1.29, 1.82) is 0 Å². The highest BCUT2D eigenvalue weighted by molar-refractivity contribution is 5.08. The maximum atomic E-state index is 4.69. The van der Waals surface area contributed by atoms with Crippen LogP contribution in [0.15, 0.2) is 12.4 Å². The van der Waals surface area contributed by atoms with Gasteiger partial charge in [0.1, 0.15) is 5.82 Å². The standard InChI is InChI=1S/C20H34N4/c1-16(23(2)3)18-9-11-24(12-10-18)15-17-13-21-20(22-14-17)19-7-5-4-6-8-19/h13-14,16,18-19H,4-12,15H2,1-3H3. The van der Waals surface area contributed by atoms with E-state index in [2.05, 4.69) is 53.2 Å². The summed E-state index contributed by atoms with van der Waals surface area (Å²) in [4.78, 5) is 14.3. The fourth-order valence-electron chi connectivity index (χ4n) is 4.29. The number of aromatic nitrogens is 2. The Bertz CT molecular complexity index is 485. The Kier molecular flexibility index (Phi) is 6.23. The molecule has 1 saturated heterocycles. The van der Waals surface area contributed by atoms with Crippen molar-refractivity contribution in [3.05, 3.63) is 23.8 Å². The zero-order valence-electron chi connectivity index (χ0n) is 15.7. The Morgan fingerprint density at radius 3 is 2.25 bits per heavy atom. The van der Waals surface area contributed by atoms with Gasteiger partial charge in [-0.3, -0.25) is 4.90 Å². The van der Waals surface area contributed by atoms with E-state index in [0.29, 0.717) is 12.0 Å². The van der Waals surface area contributed by atoms with Crippen LogP contribution in [0.2, 0.25) is 0 Å². The quantitative estimate of drug-likeness (QED) is 0.824. The third kappa shape index (κ3) is 4.54. The molecule has 1 aliphatic carbocycles. The fraction of sp³-hybridized carbons (Fsp3) is 0.800. The van der Waals surface area contributed by atoms with E-state index in [0.717, 1.165) is 18.3 Å². The summed E-state index contributed by atoms with van der Waals surface area (Å²) >= 11 is 0. The largest absolute Gasteiger partial charge is 0.306 e. The molecule has 134 valence electrons.